The normalized spacial score (nSPS) is 12.5. The number of aromatic nitrogens is 2. The van der Waals surface area contributed by atoms with Crippen molar-refractivity contribution in [3.8, 4) is 5.75 Å². The molecule has 0 amide bonds. The van der Waals surface area contributed by atoms with E-state index < -0.39 is 6.10 Å². The Morgan fingerprint density at radius 3 is 2.58 bits per heavy atom. The van der Waals surface area contributed by atoms with Gasteiger partial charge in [0.15, 0.2) is 0 Å². The number of aryl methyl sites for hydroxylation is 3. The van der Waals surface area contributed by atoms with E-state index in [9.17, 15) is 5.11 Å². The van der Waals surface area contributed by atoms with Crippen LogP contribution in [0, 0.1) is 13.8 Å². The Morgan fingerprint density at radius 1 is 1.12 bits per heavy atom. The molecular weight excluding hydrogens is 328 g/mol. The van der Waals surface area contributed by atoms with Crippen molar-refractivity contribution in [1.29, 1.82) is 0 Å². The summed E-state index contributed by atoms with van der Waals surface area (Å²) in [7, 11) is 0. The van der Waals surface area contributed by atoms with Gasteiger partial charge in [0.05, 0.1) is 17.6 Å². The molecule has 3 rings (SSSR count). The van der Waals surface area contributed by atoms with Crippen LogP contribution in [0.5, 0.6) is 5.75 Å². The molecule has 5 heteroatoms. The lowest BCUT2D eigenvalue weighted by atomic mass is 10.1. The number of ether oxygens (including phenoxy) is 1. The highest BCUT2D eigenvalue weighted by atomic mass is 16.5. The van der Waals surface area contributed by atoms with E-state index in [1.54, 1.807) is 0 Å². The van der Waals surface area contributed by atoms with Crippen LogP contribution in [0.15, 0.2) is 42.5 Å². The monoisotopic (exact) mass is 354 g/mol. The molecule has 2 N–H and O–H groups in total. The molecule has 0 radical (unpaired) electrons. The predicted octanol–water partition coefficient (Wildman–Crippen LogP) is 3.02. The molecule has 0 aliphatic heterocycles. The van der Waals surface area contributed by atoms with E-state index in [1.165, 1.54) is 0 Å². The Labute approximate surface area is 153 Å². The molecule has 3 aromatic rings. The van der Waals surface area contributed by atoms with Crippen molar-refractivity contribution in [2.24, 2.45) is 0 Å². The smallest absolute Gasteiger partial charge is 0.119 e. The molecule has 5 nitrogen and oxygen atoms in total. The first kappa shape index (κ1) is 18.4. The maximum Gasteiger partial charge on any atom is 0.119 e. The molecule has 138 valence electrons. The predicted molar refractivity (Wildman–Crippen MR) is 103 cm³/mol. The molecule has 2 aromatic carbocycles. The number of fused-ring (bicyclic) bond motifs is 1. The maximum atomic E-state index is 10.5. The molecule has 1 aromatic heterocycles. The fourth-order valence-electron chi connectivity index (χ4n) is 3.23. The SMILES string of the molecule is Cc1cc(C)cc(OCC(O)Cn2c(CCCO)nc3ccccc32)c1. The fourth-order valence-corrected chi connectivity index (χ4v) is 3.23. The van der Waals surface area contributed by atoms with Crippen molar-refractivity contribution in [3.05, 3.63) is 59.4 Å². The molecule has 0 aliphatic rings. The third-order valence-electron chi connectivity index (χ3n) is 4.32. The summed E-state index contributed by atoms with van der Waals surface area (Å²) >= 11 is 0. The zero-order valence-electron chi connectivity index (χ0n) is 15.4. The van der Waals surface area contributed by atoms with Crippen molar-refractivity contribution >= 4 is 11.0 Å². The van der Waals surface area contributed by atoms with E-state index in [4.69, 9.17) is 9.84 Å². The van der Waals surface area contributed by atoms with Crippen LogP contribution >= 0.6 is 0 Å². The van der Waals surface area contributed by atoms with E-state index in [0.717, 1.165) is 33.7 Å². The van der Waals surface area contributed by atoms with Crippen LogP contribution in [0.4, 0.5) is 0 Å². The summed E-state index contributed by atoms with van der Waals surface area (Å²) in [6.07, 6.45) is 0.676. The average Bonchev–Trinajstić information content (AvgIpc) is 2.95. The number of benzene rings is 2. The second-order valence-electron chi connectivity index (χ2n) is 6.74. The highest BCUT2D eigenvalue weighted by Crippen LogP contribution is 2.19. The molecule has 0 aliphatic carbocycles. The number of hydrogen-bond donors (Lipinski definition) is 2. The molecular formula is C21H26N2O3. The minimum absolute atomic E-state index is 0.127. The van der Waals surface area contributed by atoms with Crippen LogP contribution in [-0.4, -0.2) is 39.1 Å². The summed E-state index contributed by atoms with van der Waals surface area (Å²) in [6.45, 7) is 4.81. The second kappa shape index (κ2) is 8.34. The summed E-state index contributed by atoms with van der Waals surface area (Å²) in [5.74, 6) is 1.66. The lowest BCUT2D eigenvalue weighted by Crippen LogP contribution is -2.24. The number of hydrogen-bond acceptors (Lipinski definition) is 4. The van der Waals surface area contributed by atoms with E-state index in [0.29, 0.717) is 19.4 Å². The molecule has 0 saturated heterocycles. The Bertz CT molecular complexity index is 853. The van der Waals surface area contributed by atoms with Crippen molar-refractivity contribution in [3.63, 3.8) is 0 Å². The van der Waals surface area contributed by atoms with Gasteiger partial charge >= 0.3 is 0 Å². The topological polar surface area (TPSA) is 67.5 Å². The van der Waals surface area contributed by atoms with Gasteiger partial charge in [-0.3, -0.25) is 0 Å². The minimum Gasteiger partial charge on any atom is -0.491 e. The van der Waals surface area contributed by atoms with Crippen molar-refractivity contribution in [1.82, 2.24) is 9.55 Å². The molecule has 1 atom stereocenters. The van der Waals surface area contributed by atoms with Crippen LogP contribution in [0.3, 0.4) is 0 Å². The largest absolute Gasteiger partial charge is 0.491 e. The molecule has 1 unspecified atom stereocenters. The Kier molecular flexibility index (Phi) is 5.91. The summed E-state index contributed by atoms with van der Waals surface area (Å²) in [6, 6.07) is 13.9. The third-order valence-corrected chi connectivity index (χ3v) is 4.32. The van der Waals surface area contributed by atoms with Crippen molar-refractivity contribution < 1.29 is 14.9 Å². The van der Waals surface area contributed by atoms with Gasteiger partial charge in [-0.05, 0) is 55.7 Å². The van der Waals surface area contributed by atoms with Gasteiger partial charge in [-0.25, -0.2) is 4.98 Å². The number of aliphatic hydroxyl groups excluding tert-OH is 2. The Balaban J connectivity index is 1.72. The standard InChI is InChI=1S/C21H26N2O3/c1-15-10-16(2)12-18(11-15)26-14-17(25)13-23-20-7-4-3-6-19(20)22-21(23)8-5-9-24/h3-4,6-7,10-12,17,24-25H,5,8-9,13-14H2,1-2H3. The number of nitrogens with zero attached hydrogens (tertiary/aromatic N) is 2. The molecule has 1 heterocycles. The van der Waals surface area contributed by atoms with Crippen LogP contribution in [0.2, 0.25) is 0 Å². The van der Waals surface area contributed by atoms with Crippen LogP contribution in [-0.2, 0) is 13.0 Å². The van der Waals surface area contributed by atoms with Crippen molar-refractivity contribution in [2.75, 3.05) is 13.2 Å². The number of rotatable bonds is 8. The summed E-state index contributed by atoms with van der Waals surface area (Å²) in [4.78, 5) is 4.64. The van der Waals surface area contributed by atoms with Gasteiger partial charge in [0.25, 0.3) is 0 Å². The zero-order valence-corrected chi connectivity index (χ0v) is 15.4. The van der Waals surface area contributed by atoms with E-state index in [1.807, 2.05) is 54.8 Å². The molecule has 26 heavy (non-hydrogen) atoms. The summed E-state index contributed by atoms with van der Waals surface area (Å²) < 4.78 is 7.82. The average molecular weight is 354 g/mol. The number of para-hydroxylation sites is 2. The van der Waals surface area contributed by atoms with Crippen LogP contribution < -0.4 is 4.74 Å². The van der Waals surface area contributed by atoms with Gasteiger partial charge in [-0.15, -0.1) is 0 Å². The summed E-state index contributed by atoms with van der Waals surface area (Å²) in [5.41, 5.74) is 4.18. The Hall–Kier alpha value is -2.37. The molecule has 0 bridgehead atoms. The van der Waals surface area contributed by atoms with Gasteiger partial charge in [0.2, 0.25) is 0 Å². The Morgan fingerprint density at radius 2 is 1.85 bits per heavy atom. The zero-order chi connectivity index (χ0) is 18.5. The highest BCUT2D eigenvalue weighted by molar-refractivity contribution is 5.75. The van der Waals surface area contributed by atoms with Gasteiger partial charge in [-0.1, -0.05) is 18.2 Å². The lowest BCUT2D eigenvalue weighted by Gasteiger charge is -2.16. The van der Waals surface area contributed by atoms with Gasteiger partial charge < -0.3 is 19.5 Å². The highest BCUT2D eigenvalue weighted by Gasteiger charge is 2.14. The first-order chi connectivity index (χ1) is 12.6. The molecule has 0 spiro atoms. The lowest BCUT2D eigenvalue weighted by molar-refractivity contribution is 0.0926. The summed E-state index contributed by atoms with van der Waals surface area (Å²) in [5, 5.41) is 19.6. The second-order valence-corrected chi connectivity index (χ2v) is 6.74. The fraction of sp³-hybridized carbons (Fsp3) is 0.381. The van der Waals surface area contributed by atoms with Crippen LogP contribution in [0.1, 0.15) is 23.4 Å². The minimum atomic E-state index is -0.652. The first-order valence-corrected chi connectivity index (χ1v) is 9.01. The number of imidazole rings is 1. The van der Waals surface area contributed by atoms with Gasteiger partial charge in [0.1, 0.15) is 24.3 Å². The van der Waals surface area contributed by atoms with Crippen molar-refractivity contribution in [2.45, 2.75) is 39.3 Å². The maximum absolute atomic E-state index is 10.5. The molecule has 0 fully saturated rings. The number of aliphatic hydroxyl groups is 2. The first-order valence-electron chi connectivity index (χ1n) is 9.01. The van der Waals surface area contributed by atoms with Gasteiger partial charge in [0, 0.05) is 13.0 Å². The van der Waals surface area contributed by atoms with Crippen LogP contribution in [0.25, 0.3) is 11.0 Å². The quantitative estimate of drug-likeness (QED) is 0.652. The van der Waals surface area contributed by atoms with E-state index >= 15 is 0 Å². The van der Waals surface area contributed by atoms with E-state index in [-0.39, 0.29) is 13.2 Å². The van der Waals surface area contributed by atoms with Gasteiger partial charge in [-0.2, -0.15) is 0 Å². The third kappa shape index (κ3) is 4.42. The van der Waals surface area contributed by atoms with E-state index in [2.05, 4.69) is 11.1 Å². The molecule has 0 saturated carbocycles.